The van der Waals surface area contributed by atoms with Gasteiger partial charge in [0, 0.05) is 57.8 Å². The second kappa shape index (κ2) is 16.2. The number of aromatic nitrogens is 2. The second-order valence-corrected chi connectivity index (χ2v) is 13.0. The molecular weight excluding hydrogens is 568 g/mol. The van der Waals surface area contributed by atoms with E-state index in [1.165, 1.54) is 5.56 Å². The van der Waals surface area contributed by atoms with Crippen molar-refractivity contribution in [3.63, 3.8) is 0 Å². The number of hydrogen-bond donors (Lipinski definition) is 2. The lowest BCUT2D eigenvalue weighted by Gasteiger charge is -2.41. The van der Waals surface area contributed by atoms with E-state index < -0.39 is 0 Å². The van der Waals surface area contributed by atoms with Crippen molar-refractivity contribution in [1.82, 2.24) is 30.4 Å². The van der Waals surface area contributed by atoms with E-state index in [2.05, 4.69) is 37.6 Å². The molecule has 0 unspecified atom stereocenters. The SMILES string of the molecule is CC(=O)N1CCC(c2cnc(CCC(=O)NCCN3CCC4(CCCCCc5ccccc5OCCNC4=O)CC3)cn2)CC1. The predicted octanol–water partition coefficient (Wildman–Crippen LogP) is 3.65. The topological polar surface area (TPSA) is 117 Å². The molecule has 0 radical (unpaired) electrons. The first-order valence-electron chi connectivity index (χ1n) is 17.0. The fraction of sp³-hybridized carbons (Fsp3) is 0.629. The van der Waals surface area contributed by atoms with Crippen LogP contribution in [-0.4, -0.2) is 89.9 Å². The molecule has 244 valence electrons. The number of nitrogens with zero attached hydrogens (tertiary/aromatic N) is 4. The van der Waals surface area contributed by atoms with Crippen molar-refractivity contribution >= 4 is 17.7 Å². The number of carbonyl (C=O) groups is 3. The predicted molar refractivity (Wildman–Crippen MR) is 173 cm³/mol. The fourth-order valence-corrected chi connectivity index (χ4v) is 6.99. The third kappa shape index (κ3) is 9.25. The number of amides is 3. The van der Waals surface area contributed by atoms with E-state index in [4.69, 9.17) is 4.74 Å². The van der Waals surface area contributed by atoms with Crippen LogP contribution in [0.15, 0.2) is 36.7 Å². The molecule has 0 bridgehead atoms. The molecule has 2 saturated heterocycles. The molecule has 3 aliphatic rings. The van der Waals surface area contributed by atoms with Crippen molar-refractivity contribution < 1.29 is 19.1 Å². The minimum absolute atomic E-state index is 0.0185. The third-order valence-corrected chi connectivity index (χ3v) is 9.96. The highest BCUT2D eigenvalue weighted by atomic mass is 16.5. The standard InChI is InChI=1S/C35H50N6O4/c1-27(42)41-19-12-28(13-20-41)31-26-38-30(25-39-31)10-11-33(43)36-17-23-40-21-15-35(16-22-40)14-6-2-3-7-29-8-4-5-9-32(29)45-24-18-37-34(35)44/h4-5,8-9,25-26,28H,2-3,6-7,10-24H2,1H3,(H,36,43)(H,37,44). The summed E-state index contributed by atoms with van der Waals surface area (Å²) in [5.74, 6) is 1.58. The number of fused-ring (bicyclic) bond motifs is 1. The van der Waals surface area contributed by atoms with Crippen molar-refractivity contribution in [3.8, 4) is 5.75 Å². The maximum atomic E-state index is 13.4. The Hall–Kier alpha value is -3.53. The van der Waals surface area contributed by atoms with Gasteiger partial charge in [-0.3, -0.25) is 24.4 Å². The Morgan fingerprint density at radius 3 is 2.58 bits per heavy atom. The van der Waals surface area contributed by atoms with Gasteiger partial charge in [0.1, 0.15) is 12.4 Å². The number of nitrogens with one attached hydrogen (secondary N) is 2. The highest BCUT2D eigenvalue weighted by molar-refractivity contribution is 5.82. The Balaban J connectivity index is 0.997. The largest absolute Gasteiger partial charge is 0.491 e. The summed E-state index contributed by atoms with van der Waals surface area (Å²) >= 11 is 0. The molecule has 0 aliphatic carbocycles. The van der Waals surface area contributed by atoms with Crippen LogP contribution >= 0.6 is 0 Å². The van der Waals surface area contributed by atoms with Crippen LogP contribution in [0.2, 0.25) is 0 Å². The van der Waals surface area contributed by atoms with Gasteiger partial charge in [-0.2, -0.15) is 0 Å². The van der Waals surface area contributed by atoms with Gasteiger partial charge in [-0.15, -0.1) is 0 Å². The van der Waals surface area contributed by atoms with E-state index in [0.29, 0.717) is 38.5 Å². The van der Waals surface area contributed by atoms with Gasteiger partial charge >= 0.3 is 0 Å². The quantitative estimate of drug-likeness (QED) is 0.487. The molecule has 2 N–H and O–H groups in total. The molecule has 0 atom stereocenters. The molecule has 45 heavy (non-hydrogen) atoms. The normalized spacial score (nSPS) is 20.1. The Morgan fingerprint density at radius 1 is 1.02 bits per heavy atom. The summed E-state index contributed by atoms with van der Waals surface area (Å²) < 4.78 is 6.01. The Morgan fingerprint density at radius 2 is 1.82 bits per heavy atom. The molecule has 4 heterocycles. The smallest absolute Gasteiger partial charge is 0.226 e. The van der Waals surface area contributed by atoms with Crippen LogP contribution in [0.1, 0.15) is 87.6 Å². The highest BCUT2D eigenvalue weighted by Gasteiger charge is 2.40. The zero-order chi connectivity index (χ0) is 31.5. The average Bonchev–Trinajstić information content (AvgIpc) is 3.08. The zero-order valence-electron chi connectivity index (χ0n) is 26.9. The number of likely N-dealkylation sites (tertiary alicyclic amines) is 2. The van der Waals surface area contributed by atoms with Crippen LogP contribution < -0.4 is 15.4 Å². The van der Waals surface area contributed by atoms with Gasteiger partial charge in [0.05, 0.1) is 23.3 Å². The number of carbonyl (C=O) groups excluding carboxylic acids is 3. The summed E-state index contributed by atoms with van der Waals surface area (Å²) in [4.78, 5) is 50.9. The van der Waals surface area contributed by atoms with Crippen LogP contribution in [-0.2, 0) is 27.2 Å². The van der Waals surface area contributed by atoms with Crippen LogP contribution in [0.5, 0.6) is 5.75 Å². The summed E-state index contributed by atoms with van der Waals surface area (Å²) in [6.45, 7) is 7.25. The van der Waals surface area contributed by atoms with Crippen LogP contribution in [0.4, 0.5) is 0 Å². The summed E-state index contributed by atoms with van der Waals surface area (Å²) in [7, 11) is 0. The molecule has 3 amide bonds. The lowest BCUT2D eigenvalue weighted by molar-refractivity contribution is -0.134. The van der Waals surface area contributed by atoms with Crippen LogP contribution in [0.3, 0.4) is 0 Å². The maximum Gasteiger partial charge on any atom is 0.226 e. The number of hydrogen-bond acceptors (Lipinski definition) is 7. The maximum absolute atomic E-state index is 13.4. The van der Waals surface area contributed by atoms with Gasteiger partial charge in [-0.05, 0) is 76.1 Å². The molecular formula is C35H50N6O4. The first kappa shape index (κ1) is 32.9. The van der Waals surface area contributed by atoms with E-state index in [1.54, 1.807) is 13.1 Å². The first-order valence-corrected chi connectivity index (χ1v) is 17.0. The Labute approximate surface area is 267 Å². The Kier molecular flexibility index (Phi) is 11.8. The molecule has 10 heteroatoms. The number of benzene rings is 1. The molecule has 1 spiro atoms. The van der Waals surface area contributed by atoms with E-state index >= 15 is 0 Å². The van der Waals surface area contributed by atoms with Crippen molar-refractivity contribution in [3.05, 3.63) is 53.6 Å². The zero-order valence-corrected chi connectivity index (χ0v) is 26.9. The number of piperidine rings is 2. The van der Waals surface area contributed by atoms with Gasteiger partial charge in [-0.1, -0.05) is 31.0 Å². The van der Waals surface area contributed by atoms with Crippen molar-refractivity contribution in [1.29, 1.82) is 0 Å². The number of para-hydroxylation sites is 1. The van der Waals surface area contributed by atoms with Gasteiger partial charge in [0.2, 0.25) is 17.7 Å². The van der Waals surface area contributed by atoms with Crippen molar-refractivity contribution in [2.75, 3.05) is 52.4 Å². The van der Waals surface area contributed by atoms with E-state index in [1.807, 2.05) is 23.2 Å². The molecule has 2 aromatic rings. The first-order chi connectivity index (χ1) is 21.9. The van der Waals surface area contributed by atoms with Crippen LogP contribution in [0, 0.1) is 5.41 Å². The highest BCUT2D eigenvalue weighted by Crippen LogP contribution is 2.37. The summed E-state index contributed by atoms with van der Waals surface area (Å²) in [6, 6.07) is 8.23. The van der Waals surface area contributed by atoms with E-state index in [-0.39, 0.29) is 23.1 Å². The van der Waals surface area contributed by atoms with E-state index in [9.17, 15) is 14.4 Å². The summed E-state index contributed by atoms with van der Waals surface area (Å²) in [5.41, 5.74) is 2.72. The van der Waals surface area contributed by atoms with Crippen molar-refractivity contribution in [2.45, 2.75) is 83.5 Å². The average molecular weight is 619 g/mol. The minimum atomic E-state index is -0.316. The summed E-state index contributed by atoms with van der Waals surface area (Å²) in [5, 5.41) is 6.24. The van der Waals surface area contributed by atoms with Gasteiger partial charge in [0.15, 0.2) is 0 Å². The molecule has 5 rings (SSSR count). The number of aryl methyl sites for hydroxylation is 2. The van der Waals surface area contributed by atoms with Gasteiger partial charge in [-0.25, -0.2) is 0 Å². The lowest BCUT2D eigenvalue weighted by Crippen LogP contribution is -2.50. The summed E-state index contributed by atoms with van der Waals surface area (Å²) in [6.07, 6.45) is 13.3. The van der Waals surface area contributed by atoms with Gasteiger partial charge in [0.25, 0.3) is 0 Å². The molecule has 1 aromatic carbocycles. The third-order valence-electron chi connectivity index (χ3n) is 9.96. The van der Waals surface area contributed by atoms with Crippen molar-refractivity contribution in [2.24, 2.45) is 5.41 Å². The van der Waals surface area contributed by atoms with Gasteiger partial charge < -0.3 is 25.2 Å². The molecule has 3 aliphatic heterocycles. The fourth-order valence-electron chi connectivity index (χ4n) is 6.99. The molecule has 0 saturated carbocycles. The number of rotatable bonds is 7. The molecule has 10 nitrogen and oxygen atoms in total. The molecule has 1 aromatic heterocycles. The number of ether oxygens (including phenoxy) is 1. The lowest BCUT2D eigenvalue weighted by atomic mass is 9.73. The van der Waals surface area contributed by atoms with E-state index in [0.717, 1.165) is 108 Å². The minimum Gasteiger partial charge on any atom is -0.491 e. The monoisotopic (exact) mass is 618 g/mol. The second-order valence-electron chi connectivity index (χ2n) is 13.0. The Bertz CT molecular complexity index is 1270. The van der Waals surface area contributed by atoms with Crippen LogP contribution in [0.25, 0.3) is 0 Å². The molecule has 2 fully saturated rings.